The van der Waals surface area contributed by atoms with E-state index >= 15 is 0 Å². The highest BCUT2D eigenvalue weighted by molar-refractivity contribution is 5.93. The molecule has 0 unspecified atom stereocenters. The predicted molar refractivity (Wildman–Crippen MR) is 97.6 cm³/mol. The second-order valence-corrected chi connectivity index (χ2v) is 5.55. The number of fused-ring (bicyclic) bond motifs is 1. The number of rotatable bonds is 6. The van der Waals surface area contributed by atoms with E-state index < -0.39 is 0 Å². The number of nitrogens with one attached hydrogen (secondary N) is 1. The Kier molecular flexibility index (Phi) is 5.00. The van der Waals surface area contributed by atoms with E-state index in [1.807, 2.05) is 44.2 Å². The third kappa shape index (κ3) is 3.49. The van der Waals surface area contributed by atoms with Crippen molar-refractivity contribution in [2.24, 2.45) is 0 Å². The molecular formula is C19H21N3O3. The van der Waals surface area contributed by atoms with Gasteiger partial charge >= 0.3 is 0 Å². The molecule has 0 saturated carbocycles. The van der Waals surface area contributed by atoms with E-state index in [2.05, 4.69) is 15.3 Å². The number of ether oxygens (including phenoxy) is 2. The molecule has 0 spiro atoms. The Morgan fingerprint density at radius 1 is 1.20 bits per heavy atom. The minimum absolute atomic E-state index is 0.126. The molecule has 0 bridgehead atoms. The van der Waals surface area contributed by atoms with Crippen LogP contribution in [0.15, 0.2) is 36.5 Å². The standard InChI is InChI=1S/C19H21N3O3/c1-4-25-17-9-16-18(22-14-5-7-15(24-3)8-6-14)13(11-23)10-20-19(16)21-12(17)2/h5-10,23H,4,11H2,1-3H3,(H,20,21,22). The summed E-state index contributed by atoms with van der Waals surface area (Å²) < 4.78 is 10.8. The Bertz CT molecular complexity index is 879. The third-order valence-corrected chi connectivity index (χ3v) is 3.91. The molecule has 0 atom stereocenters. The van der Waals surface area contributed by atoms with Gasteiger partial charge in [0.15, 0.2) is 5.65 Å². The van der Waals surface area contributed by atoms with Gasteiger partial charge in [0.05, 0.1) is 31.7 Å². The number of aryl methyl sites for hydroxylation is 1. The number of hydrogen-bond donors (Lipinski definition) is 2. The van der Waals surface area contributed by atoms with Crippen molar-refractivity contribution >= 4 is 22.4 Å². The molecule has 3 rings (SSSR count). The highest BCUT2D eigenvalue weighted by atomic mass is 16.5. The van der Waals surface area contributed by atoms with Crippen molar-refractivity contribution in [1.82, 2.24) is 9.97 Å². The number of aromatic nitrogens is 2. The highest BCUT2D eigenvalue weighted by Gasteiger charge is 2.13. The molecule has 2 N–H and O–H groups in total. The van der Waals surface area contributed by atoms with Crippen molar-refractivity contribution in [2.75, 3.05) is 19.0 Å². The summed E-state index contributed by atoms with van der Waals surface area (Å²) >= 11 is 0. The number of pyridine rings is 2. The number of aliphatic hydroxyl groups excluding tert-OH is 1. The topological polar surface area (TPSA) is 76.5 Å². The molecule has 130 valence electrons. The van der Waals surface area contributed by atoms with E-state index in [1.165, 1.54) is 0 Å². The maximum absolute atomic E-state index is 9.71. The van der Waals surface area contributed by atoms with Crippen LogP contribution >= 0.6 is 0 Å². The molecule has 6 nitrogen and oxygen atoms in total. The average Bonchev–Trinajstić information content (AvgIpc) is 2.64. The summed E-state index contributed by atoms with van der Waals surface area (Å²) in [5.74, 6) is 1.49. The molecular weight excluding hydrogens is 318 g/mol. The van der Waals surface area contributed by atoms with Gasteiger partial charge in [-0.25, -0.2) is 9.97 Å². The first kappa shape index (κ1) is 17.0. The lowest BCUT2D eigenvalue weighted by molar-refractivity contribution is 0.282. The van der Waals surface area contributed by atoms with E-state index in [1.54, 1.807) is 13.3 Å². The van der Waals surface area contributed by atoms with Gasteiger partial charge in [0.25, 0.3) is 0 Å². The van der Waals surface area contributed by atoms with Crippen LogP contribution < -0.4 is 14.8 Å². The number of nitrogens with zero attached hydrogens (tertiary/aromatic N) is 2. The van der Waals surface area contributed by atoms with Crippen LogP contribution in [0.5, 0.6) is 11.5 Å². The van der Waals surface area contributed by atoms with Crippen molar-refractivity contribution in [2.45, 2.75) is 20.5 Å². The first-order valence-corrected chi connectivity index (χ1v) is 8.10. The van der Waals surface area contributed by atoms with Gasteiger partial charge < -0.3 is 19.9 Å². The van der Waals surface area contributed by atoms with Crippen LogP contribution in [0.2, 0.25) is 0 Å². The summed E-state index contributed by atoms with van der Waals surface area (Å²) in [4.78, 5) is 8.88. The van der Waals surface area contributed by atoms with E-state index in [4.69, 9.17) is 9.47 Å². The van der Waals surface area contributed by atoms with Crippen LogP contribution in [0.1, 0.15) is 18.2 Å². The predicted octanol–water partition coefficient (Wildman–Crippen LogP) is 3.58. The largest absolute Gasteiger partial charge is 0.497 e. The van der Waals surface area contributed by atoms with E-state index in [0.29, 0.717) is 23.6 Å². The molecule has 25 heavy (non-hydrogen) atoms. The van der Waals surface area contributed by atoms with Gasteiger partial charge in [-0.05, 0) is 44.2 Å². The molecule has 0 aliphatic heterocycles. The van der Waals surface area contributed by atoms with Crippen LogP contribution in [0.3, 0.4) is 0 Å². The second-order valence-electron chi connectivity index (χ2n) is 5.55. The first-order chi connectivity index (χ1) is 12.2. The van der Waals surface area contributed by atoms with Crippen LogP contribution in [0.4, 0.5) is 11.4 Å². The van der Waals surface area contributed by atoms with Crippen molar-refractivity contribution < 1.29 is 14.6 Å². The summed E-state index contributed by atoms with van der Waals surface area (Å²) in [5, 5.41) is 13.9. The van der Waals surface area contributed by atoms with Gasteiger partial charge in [0.1, 0.15) is 11.5 Å². The molecule has 0 fully saturated rings. The SMILES string of the molecule is CCOc1cc2c(Nc3ccc(OC)cc3)c(CO)cnc2nc1C. The molecule has 1 aromatic carbocycles. The third-order valence-electron chi connectivity index (χ3n) is 3.91. The van der Waals surface area contributed by atoms with Crippen LogP contribution in [-0.4, -0.2) is 28.8 Å². The van der Waals surface area contributed by atoms with Crippen molar-refractivity contribution in [3.63, 3.8) is 0 Å². The molecule has 2 aromatic heterocycles. The second kappa shape index (κ2) is 7.36. The lowest BCUT2D eigenvalue weighted by atomic mass is 10.1. The lowest BCUT2D eigenvalue weighted by Gasteiger charge is -2.15. The number of methoxy groups -OCH3 is 1. The van der Waals surface area contributed by atoms with E-state index in [9.17, 15) is 5.11 Å². The van der Waals surface area contributed by atoms with Crippen molar-refractivity contribution in [3.8, 4) is 11.5 Å². The zero-order chi connectivity index (χ0) is 17.8. The fourth-order valence-electron chi connectivity index (χ4n) is 2.62. The maximum Gasteiger partial charge on any atom is 0.161 e. The smallest absolute Gasteiger partial charge is 0.161 e. The molecule has 2 heterocycles. The maximum atomic E-state index is 9.71. The van der Waals surface area contributed by atoms with Crippen LogP contribution in [0.25, 0.3) is 11.0 Å². The number of hydrogen-bond acceptors (Lipinski definition) is 6. The summed E-state index contributed by atoms with van der Waals surface area (Å²) in [5.41, 5.74) is 3.73. The average molecular weight is 339 g/mol. The van der Waals surface area contributed by atoms with Crippen LogP contribution in [0, 0.1) is 6.92 Å². The van der Waals surface area contributed by atoms with Gasteiger partial charge in [0.2, 0.25) is 0 Å². The summed E-state index contributed by atoms with van der Waals surface area (Å²) in [7, 11) is 1.63. The zero-order valence-corrected chi connectivity index (χ0v) is 14.5. The van der Waals surface area contributed by atoms with E-state index in [0.717, 1.165) is 28.2 Å². The summed E-state index contributed by atoms with van der Waals surface area (Å²) in [6, 6.07) is 9.49. The lowest BCUT2D eigenvalue weighted by Crippen LogP contribution is -2.02. The van der Waals surface area contributed by atoms with Gasteiger partial charge in [-0.3, -0.25) is 0 Å². The molecule has 0 aliphatic carbocycles. The Morgan fingerprint density at radius 2 is 1.96 bits per heavy atom. The van der Waals surface area contributed by atoms with Gasteiger partial charge in [-0.1, -0.05) is 0 Å². The van der Waals surface area contributed by atoms with E-state index in [-0.39, 0.29) is 6.61 Å². The highest BCUT2D eigenvalue weighted by Crippen LogP contribution is 2.32. The Morgan fingerprint density at radius 3 is 2.60 bits per heavy atom. The minimum Gasteiger partial charge on any atom is -0.497 e. The molecule has 0 radical (unpaired) electrons. The fourth-order valence-corrected chi connectivity index (χ4v) is 2.62. The molecule has 0 amide bonds. The first-order valence-electron chi connectivity index (χ1n) is 8.10. The van der Waals surface area contributed by atoms with Gasteiger partial charge in [0, 0.05) is 22.8 Å². The van der Waals surface area contributed by atoms with Crippen molar-refractivity contribution in [3.05, 3.63) is 47.8 Å². The Balaban J connectivity index is 2.10. The summed E-state index contributed by atoms with van der Waals surface area (Å²) in [6.45, 7) is 4.26. The van der Waals surface area contributed by atoms with Crippen LogP contribution in [-0.2, 0) is 6.61 Å². The Hall–Kier alpha value is -2.86. The van der Waals surface area contributed by atoms with Gasteiger partial charge in [-0.15, -0.1) is 0 Å². The molecule has 0 saturated heterocycles. The molecule has 6 heteroatoms. The normalized spacial score (nSPS) is 10.7. The number of anilines is 2. The quantitative estimate of drug-likeness (QED) is 0.715. The Labute approximate surface area is 146 Å². The summed E-state index contributed by atoms with van der Waals surface area (Å²) in [6.07, 6.45) is 1.64. The van der Waals surface area contributed by atoms with Crippen molar-refractivity contribution in [1.29, 1.82) is 0 Å². The monoisotopic (exact) mass is 339 g/mol. The fraction of sp³-hybridized carbons (Fsp3) is 0.263. The zero-order valence-electron chi connectivity index (χ0n) is 14.5. The van der Waals surface area contributed by atoms with Gasteiger partial charge in [-0.2, -0.15) is 0 Å². The molecule has 0 aliphatic rings. The minimum atomic E-state index is -0.126. The molecule has 3 aromatic rings. The number of benzene rings is 1. The number of aliphatic hydroxyl groups is 1.